The van der Waals surface area contributed by atoms with Crippen molar-refractivity contribution in [1.29, 1.82) is 0 Å². The Kier molecular flexibility index (Phi) is 7.26. The summed E-state index contributed by atoms with van der Waals surface area (Å²) in [6, 6.07) is 17.6. The predicted molar refractivity (Wildman–Crippen MR) is 125 cm³/mol. The van der Waals surface area contributed by atoms with Gasteiger partial charge in [0, 0.05) is 49.7 Å². The van der Waals surface area contributed by atoms with Gasteiger partial charge >= 0.3 is 12.4 Å². The number of carbonyl (C=O) groups excluding carboxylic acids is 1. The highest BCUT2D eigenvalue weighted by Crippen LogP contribution is 2.36. The summed E-state index contributed by atoms with van der Waals surface area (Å²) >= 11 is 0. The van der Waals surface area contributed by atoms with E-state index >= 15 is 0 Å². The van der Waals surface area contributed by atoms with Crippen LogP contribution in [0.25, 0.3) is 0 Å². The zero-order valence-electron chi connectivity index (χ0n) is 19.0. The first-order valence-corrected chi connectivity index (χ1v) is 11.2. The number of nitrogens with one attached hydrogen (secondary N) is 1. The fourth-order valence-electron chi connectivity index (χ4n) is 4.04. The second-order valence-corrected chi connectivity index (χ2v) is 8.54. The molecule has 0 atom stereocenters. The molecule has 0 aromatic heterocycles. The number of carbonyl (C=O) groups is 1. The third-order valence-electron chi connectivity index (χ3n) is 5.96. The van der Waals surface area contributed by atoms with Crippen molar-refractivity contribution in [3.8, 4) is 0 Å². The van der Waals surface area contributed by atoms with Crippen LogP contribution in [0.3, 0.4) is 0 Å². The van der Waals surface area contributed by atoms with E-state index in [-0.39, 0.29) is 11.8 Å². The van der Waals surface area contributed by atoms with Crippen molar-refractivity contribution in [2.75, 3.05) is 36.4 Å². The Morgan fingerprint density at radius 1 is 0.750 bits per heavy atom. The quantitative estimate of drug-likeness (QED) is 0.412. The van der Waals surface area contributed by atoms with Crippen LogP contribution in [0.15, 0.2) is 72.8 Å². The standard InChI is InChI=1S/C26H23F6N3O/c27-25(28,29)20-14-19(15-21(16-20)26(30,31)32)24(36)33-22-8-6-18(7-9-22)17-34-10-12-35(13-11-34)23-4-2-1-3-5-23/h1-9,14-16H,10-13,17H2,(H,33,36). The van der Waals surface area contributed by atoms with Gasteiger partial charge in [0.15, 0.2) is 0 Å². The zero-order valence-corrected chi connectivity index (χ0v) is 19.0. The number of halogens is 6. The lowest BCUT2D eigenvalue weighted by atomic mass is 10.0. The number of nitrogens with zero attached hydrogens (tertiary/aromatic N) is 2. The third-order valence-corrected chi connectivity index (χ3v) is 5.96. The van der Waals surface area contributed by atoms with E-state index in [1.165, 1.54) is 5.69 Å². The summed E-state index contributed by atoms with van der Waals surface area (Å²) in [6.07, 6.45) is -10.0. The first kappa shape index (κ1) is 25.6. The Hall–Kier alpha value is -3.53. The highest BCUT2D eigenvalue weighted by Gasteiger charge is 2.37. The number of alkyl halides is 6. The summed E-state index contributed by atoms with van der Waals surface area (Å²) in [4.78, 5) is 17.1. The van der Waals surface area contributed by atoms with Crippen LogP contribution in [0, 0.1) is 0 Å². The normalized spacial score (nSPS) is 15.1. The summed E-state index contributed by atoms with van der Waals surface area (Å²) in [6.45, 7) is 4.18. The van der Waals surface area contributed by atoms with Gasteiger partial charge < -0.3 is 10.2 Å². The first-order valence-electron chi connectivity index (χ1n) is 11.2. The van der Waals surface area contributed by atoms with Gasteiger partial charge in [-0.1, -0.05) is 30.3 Å². The molecule has 1 saturated heterocycles. The maximum Gasteiger partial charge on any atom is 0.416 e. The lowest BCUT2D eigenvalue weighted by molar-refractivity contribution is -0.143. The molecule has 1 fully saturated rings. The smallest absolute Gasteiger partial charge is 0.369 e. The van der Waals surface area contributed by atoms with Gasteiger partial charge in [0.2, 0.25) is 0 Å². The summed E-state index contributed by atoms with van der Waals surface area (Å²) < 4.78 is 78.4. The summed E-state index contributed by atoms with van der Waals surface area (Å²) in [5, 5.41) is 2.38. The molecule has 1 N–H and O–H groups in total. The molecule has 0 radical (unpaired) electrons. The van der Waals surface area contributed by atoms with Crippen molar-refractivity contribution in [2.45, 2.75) is 18.9 Å². The molecule has 36 heavy (non-hydrogen) atoms. The highest BCUT2D eigenvalue weighted by atomic mass is 19.4. The lowest BCUT2D eigenvalue weighted by Gasteiger charge is -2.36. The highest BCUT2D eigenvalue weighted by molar-refractivity contribution is 6.04. The number of amides is 1. The fraction of sp³-hybridized carbons (Fsp3) is 0.269. The van der Waals surface area contributed by atoms with Gasteiger partial charge in [-0.3, -0.25) is 9.69 Å². The van der Waals surface area contributed by atoms with E-state index in [1.807, 2.05) is 18.2 Å². The van der Waals surface area contributed by atoms with Crippen LogP contribution in [0.1, 0.15) is 27.0 Å². The molecule has 0 spiro atoms. The van der Waals surface area contributed by atoms with Crippen LogP contribution in [0.4, 0.5) is 37.7 Å². The Balaban J connectivity index is 1.38. The molecule has 3 aromatic carbocycles. The number of piperazine rings is 1. The molecule has 190 valence electrons. The van der Waals surface area contributed by atoms with Gasteiger partial charge in [-0.25, -0.2) is 0 Å². The molecule has 0 unspecified atom stereocenters. The molecule has 10 heteroatoms. The number of hydrogen-bond acceptors (Lipinski definition) is 3. The summed E-state index contributed by atoms with van der Waals surface area (Å²) in [7, 11) is 0. The molecular formula is C26H23F6N3O. The lowest BCUT2D eigenvalue weighted by Crippen LogP contribution is -2.45. The van der Waals surface area contributed by atoms with E-state index in [9.17, 15) is 31.1 Å². The number of para-hydroxylation sites is 1. The zero-order chi connectivity index (χ0) is 25.9. The Labute approximate surface area is 204 Å². The maximum atomic E-state index is 13.1. The minimum atomic E-state index is -5.02. The number of hydrogen-bond donors (Lipinski definition) is 1. The van der Waals surface area contributed by atoms with Gasteiger partial charge in [0.1, 0.15) is 0 Å². The minimum absolute atomic E-state index is 0.00869. The summed E-state index contributed by atoms with van der Waals surface area (Å²) in [5.74, 6) is -1.06. The molecule has 1 heterocycles. The van der Waals surface area contributed by atoms with Crippen LogP contribution >= 0.6 is 0 Å². The van der Waals surface area contributed by atoms with E-state index in [4.69, 9.17) is 0 Å². The average Bonchev–Trinajstić information content (AvgIpc) is 2.85. The number of anilines is 2. The average molecular weight is 507 g/mol. The van der Waals surface area contributed by atoms with Crippen molar-refractivity contribution >= 4 is 17.3 Å². The van der Waals surface area contributed by atoms with Gasteiger partial charge in [-0.2, -0.15) is 26.3 Å². The van der Waals surface area contributed by atoms with Crippen LogP contribution in [0.2, 0.25) is 0 Å². The predicted octanol–water partition coefficient (Wildman–Crippen LogP) is 6.30. The van der Waals surface area contributed by atoms with E-state index in [1.54, 1.807) is 24.3 Å². The Morgan fingerprint density at radius 2 is 1.31 bits per heavy atom. The van der Waals surface area contributed by atoms with E-state index in [0.717, 1.165) is 31.7 Å². The van der Waals surface area contributed by atoms with Gasteiger partial charge in [0.25, 0.3) is 5.91 Å². The van der Waals surface area contributed by atoms with Crippen molar-refractivity contribution in [3.63, 3.8) is 0 Å². The van der Waals surface area contributed by atoms with Crippen molar-refractivity contribution in [2.24, 2.45) is 0 Å². The topological polar surface area (TPSA) is 35.6 Å². The largest absolute Gasteiger partial charge is 0.416 e. The molecule has 0 bridgehead atoms. The second-order valence-electron chi connectivity index (χ2n) is 8.54. The van der Waals surface area contributed by atoms with Crippen LogP contribution in [-0.2, 0) is 18.9 Å². The Bertz CT molecular complexity index is 1150. The molecule has 4 rings (SSSR count). The van der Waals surface area contributed by atoms with Crippen LogP contribution in [-0.4, -0.2) is 37.0 Å². The molecule has 3 aromatic rings. The SMILES string of the molecule is O=C(Nc1ccc(CN2CCN(c3ccccc3)CC2)cc1)c1cc(C(F)(F)F)cc(C(F)(F)F)c1. The fourth-order valence-corrected chi connectivity index (χ4v) is 4.04. The van der Waals surface area contributed by atoms with E-state index < -0.39 is 35.0 Å². The second kappa shape index (κ2) is 10.2. The minimum Gasteiger partial charge on any atom is -0.369 e. The van der Waals surface area contributed by atoms with Crippen molar-refractivity contribution in [3.05, 3.63) is 95.1 Å². The van der Waals surface area contributed by atoms with E-state index in [0.29, 0.717) is 18.7 Å². The van der Waals surface area contributed by atoms with Crippen LogP contribution in [0.5, 0.6) is 0 Å². The summed E-state index contributed by atoms with van der Waals surface area (Å²) in [5.41, 5.74) is -1.38. The third kappa shape index (κ3) is 6.37. The molecule has 1 aliphatic heterocycles. The maximum absolute atomic E-state index is 13.1. The van der Waals surface area contributed by atoms with Crippen LogP contribution < -0.4 is 10.2 Å². The van der Waals surface area contributed by atoms with Crippen molar-refractivity contribution < 1.29 is 31.1 Å². The number of rotatable bonds is 5. The molecule has 4 nitrogen and oxygen atoms in total. The molecule has 0 saturated carbocycles. The van der Waals surface area contributed by atoms with E-state index in [2.05, 4.69) is 27.2 Å². The first-order chi connectivity index (χ1) is 17.0. The monoisotopic (exact) mass is 507 g/mol. The molecule has 1 aliphatic rings. The van der Waals surface area contributed by atoms with Gasteiger partial charge in [-0.05, 0) is 48.0 Å². The number of benzene rings is 3. The van der Waals surface area contributed by atoms with Gasteiger partial charge in [0.05, 0.1) is 11.1 Å². The Morgan fingerprint density at radius 3 is 1.83 bits per heavy atom. The molecular weight excluding hydrogens is 484 g/mol. The van der Waals surface area contributed by atoms with Crippen molar-refractivity contribution in [1.82, 2.24) is 4.90 Å². The molecule has 1 amide bonds. The van der Waals surface area contributed by atoms with Gasteiger partial charge in [-0.15, -0.1) is 0 Å². The molecule has 0 aliphatic carbocycles.